The minimum absolute atomic E-state index is 0.0165. The first-order valence-electron chi connectivity index (χ1n) is 18.4. The van der Waals surface area contributed by atoms with E-state index >= 15 is 0 Å². The molecule has 0 N–H and O–H groups in total. The SMILES string of the molecule is CC(C)(C)c1ccc(OCC(=O)N(CCN(C(=O)COc2ccc(C(C)(C)C)cc2C(C)(C)C)c2ccccc2)c2ccccc2)c(C(C)(C)C)c1. The van der Waals surface area contributed by atoms with E-state index < -0.39 is 0 Å². The van der Waals surface area contributed by atoms with Gasteiger partial charge >= 0.3 is 0 Å². The van der Waals surface area contributed by atoms with E-state index in [2.05, 4.69) is 107 Å². The van der Waals surface area contributed by atoms with Gasteiger partial charge in [-0.1, -0.05) is 144 Å². The van der Waals surface area contributed by atoms with Crippen molar-refractivity contribution in [3.63, 3.8) is 0 Å². The molecule has 0 spiro atoms. The van der Waals surface area contributed by atoms with E-state index in [0.29, 0.717) is 11.5 Å². The topological polar surface area (TPSA) is 59.1 Å². The highest BCUT2D eigenvalue weighted by molar-refractivity contribution is 5.96. The maximum atomic E-state index is 14.0. The Balaban J connectivity index is 1.57. The van der Waals surface area contributed by atoms with E-state index in [0.717, 1.165) is 22.5 Å². The van der Waals surface area contributed by atoms with Crippen LogP contribution in [0.15, 0.2) is 97.1 Å². The van der Waals surface area contributed by atoms with E-state index in [9.17, 15) is 9.59 Å². The molecule has 6 nitrogen and oxygen atoms in total. The Kier molecular flexibility index (Phi) is 12.3. The predicted octanol–water partition coefficient (Wildman–Crippen LogP) is 10.4. The Labute approximate surface area is 313 Å². The summed E-state index contributed by atoms with van der Waals surface area (Å²) in [6.45, 7) is 26.3. The fourth-order valence-electron chi connectivity index (χ4n) is 6.06. The van der Waals surface area contributed by atoms with Crippen molar-refractivity contribution in [2.45, 2.75) is 105 Å². The van der Waals surface area contributed by atoms with Crippen LogP contribution >= 0.6 is 0 Å². The molecule has 0 radical (unpaired) electrons. The van der Waals surface area contributed by atoms with Crippen molar-refractivity contribution in [1.82, 2.24) is 0 Å². The number of benzene rings is 4. The first-order valence-corrected chi connectivity index (χ1v) is 18.4. The zero-order valence-corrected chi connectivity index (χ0v) is 33.6. The summed E-state index contributed by atoms with van der Waals surface area (Å²) < 4.78 is 12.6. The second kappa shape index (κ2) is 16.0. The molecule has 0 unspecified atom stereocenters. The molecule has 0 saturated heterocycles. The fourth-order valence-corrected chi connectivity index (χ4v) is 6.06. The maximum absolute atomic E-state index is 14.0. The van der Waals surface area contributed by atoms with Crippen LogP contribution in [0.2, 0.25) is 0 Å². The standard InChI is InChI=1S/C46H60N2O4/c1-43(2,3)33-23-25-39(37(29-33)45(7,8)9)51-31-41(49)47(35-19-15-13-16-20-35)27-28-48(36-21-17-14-18-22-36)42(50)32-52-40-26-24-34(44(4,5)6)30-38(40)46(10,11)12/h13-26,29-30H,27-28,31-32H2,1-12H3. The molecule has 6 heteroatoms. The lowest BCUT2D eigenvalue weighted by Gasteiger charge is -2.30. The van der Waals surface area contributed by atoms with Gasteiger partial charge in [0.25, 0.3) is 11.8 Å². The number of nitrogens with zero attached hydrogens (tertiary/aromatic N) is 2. The largest absolute Gasteiger partial charge is 0.483 e. The molecule has 0 atom stereocenters. The van der Waals surface area contributed by atoms with Gasteiger partial charge in [-0.15, -0.1) is 0 Å². The van der Waals surface area contributed by atoms with Gasteiger partial charge in [-0.2, -0.15) is 0 Å². The third-order valence-electron chi connectivity index (χ3n) is 9.29. The van der Waals surface area contributed by atoms with Crippen molar-refractivity contribution in [3.05, 3.63) is 119 Å². The van der Waals surface area contributed by atoms with Crippen LogP contribution < -0.4 is 19.3 Å². The van der Waals surface area contributed by atoms with Crippen molar-refractivity contribution in [2.75, 3.05) is 36.1 Å². The van der Waals surface area contributed by atoms with Gasteiger partial charge in [-0.3, -0.25) is 9.59 Å². The summed E-state index contributed by atoms with van der Waals surface area (Å²) in [6.07, 6.45) is 0. The average Bonchev–Trinajstić information content (AvgIpc) is 3.07. The van der Waals surface area contributed by atoms with Gasteiger partial charge in [-0.25, -0.2) is 0 Å². The highest BCUT2D eigenvalue weighted by Gasteiger charge is 2.27. The highest BCUT2D eigenvalue weighted by Crippen LogP contribution is 2.37. The van der Waals surface area contributed by atoms with Crippen LogP contribution in [0.4, 0.5) is 11.4 Å². The van der Waals surface area contributed by atoms with Gasteiger partial charge in [-0.05, 0) is 80.3 Å². The van der Waals surface area contributed by atoms with E-state index in [4.69, 9.17) is 9.47 Å². The highest BCUT2D eigenvalue weighted by atomic mass is 16.5. The summed E-state index contributed by atoms with van der Waals surface area (Å²) in [5, 5.41) is 0. The Bertz CT molecular complexity index is 1670. The molecule has 0 aliphatic carbocycles. The third kappa shape index (κ3) is 10.5. The lowest BCUT2D eigenvalue weighted by atomic mass is 9.80. The van der Waals surface area contributed by atoms with Crippen molar-refractivity contribution in [2.24, 2.45) is 0 Å². The number of hydrogen-bond donors (Lipinski definition) is 0. The second-order valence-electron chi connectivity index (χ2n) is 17.8. The Morgan fingerprint density at radius 1 is 0.462 bits per heavy atom. The fraction of sp³-hybridized carbons (Fsp3) is 0.435. The number of hydrogen-bond acceptors (Lipinski definition) is 4. The lowest BCUT2D eigenvalue weighted by Crippen LogP contribution is -2.44. The smallest absolute Gasteiger partial charge is 0.264 e. The Morgan fingerprint density at radius 2 is 0.788 bits per heavy atom. The lowest BCUT2D eigenvalue weighted by molar-refractivity contribution is -0.122. The van der Waals surface area contributed by atoms with Crippen LogP contribution in [-0.4, -0.2) is 38.1 Å². The molecular formula is C46H60N2O4. The molecule has 0 saturated carbocycles. The molecule has 0 aliphatic heterocycles. The van der Waals surface area contributed by atoms with Crippen LogP contribution in [-0.2, 0) is 31.2 Å². The van der Waals surface area contributed by atoms with E-state index in [1.165, 1.54) is 11.1 Å². The number of rotatable bonds is 11. The summed E-state index contributed by atoms with van der Waals surface area (Å²) >= 11 is 0. The van der Waals surface area contributed by atoms with E-state index in [1.54, 1.807) is 9.80 Å². The molecular weight excluding hydrogens is 645 g/mol. The van der Waals surface area contributed by atoms with Crippen molar-refractivity contribution in [3.8, 4) is 11.5 Å². The summed E-state index contributed by atoms with van der Waals surface area (Å²) in [5.74, 6) is 1.00. The molecule has 4 aromatic carbocycles. The van der Waals surface area contributed by atoms with Crippen LogP contribution in [0.3, 0.4) is 0 Å². The molecule has 0 heterocycles. The second-order valence-corrected chi connectivity index (χ2v) is 17.8. The quantitative estimate of drug-likeness (QED) is 0.156. The summed E-state index contributed by atoms with van der Waals surface area (Å²) in [7, 11) is 0. The van der Waals surface area contributed by atoms with E-state index in [1.807, 2.05) is 72.8 Å². The zero-order valence-electron chi connectivity index (χ0n) is 33.6. The van der Waals surface area contributed by atoms with Crippen LogP contribution in [0, 0.1) is 0 Å². The van der Waals surface area contributed by atoms with Gasteiger partial charge in [0.15, 0.2) is 13.2 Å². The summed E-state index contributed by atoms with van der Waals surface area (Å²) in [5.41, 5.74) is 5.63. The molecule has 0 aromatic heterocycles. The molecule has 278 valence electrons. The van der Waals surface area contributed by atoms with E-state index in [-0.39, 0.29) is 59.8 Å². The first-order chi connectivity index (χ1) is 24.2. The summed E-state index contributed by atoms with van der Waals surface area (Å²) in [6, 6.07) is 31.6. The third-order valence-corrected chi connectivity index (χ3v) is 9.29. The molecule has 4 rings (SSSR count). The number of amides is 2. The van der Waals surface area contributed by atoms with Crippen LogP contribution in [0.1, 0.15) is 105 Å². The molecule has 4 aromatic rings. The normalized spacial score (nSPS) is 12.3. The number of para-hydroxylation sites is 2. The molecule has 0 bridgehead atoms. The monoisotopic (exact) mass is 704 g/mol. The summed E-state index contributed by atoms with van der Waals surface area (Å²) in [4.78, 5) is 31.5. The van der Waals surface area contributed by atoms with Gasteiger partial charge in [0.1, 0.15) is 11.5 Å². The van der Waals surface area contributed by atoms with Gasteiger partial charge in [0.2, 0.25) is 0 Å². The maximum Gasteiger partial charge on any atom is 0.264 e. The number of carbonyl (C=O) groups is 2. The Morgan fingerprint density at radius 3 is 1.08 bits per heavy atom. The van der Waals surface area contributed by atoms with Gasteiger partial charge < -0.3 is 19.3 Å². The number of anilines is 2. The van der Waals surface area contributed by atoms with Crippen molar-refractivity contribution < 1.29 is 19.1 Å². The number of ether oxygens (including phenoxy) is 2. The Hall–Kier alpha value is -4.58. The number of carbonyl (C=O) groups excluding carboxylic acids is 2. The molecule has 2 amide bonds. The molecule has 52 heavy (non-hydrogen) atoms. The van der Waals surface area contributed by atoms with Crippen LogP contribution in [0.5, 0.6) is 11.5 Å². The first kappa shape index (κ1) is 40.2. The van der Waals surface area contributed by atoms with Crippen LogP contribution in [0.25, 0.3) is 0 Å². The minimum atomic E-state index is -0.198. The zero-order chi connectivity index (χ0) is 38.5. The van der Waals surface area contributed by atoms with Crippen molar-refractivity contribution in [1.29, 1.82) is 0 Å². The van der Waals surface area contributed by atoms with Crippen molar-refractivity contribution >= 4 is 23.2 Å². The van der Waals surface area contributed by atoms with Gasteiger partial charge in [0.05, 0.1) is 0 Å². The van der Waals surface area contributed by atoms with Gasteiger partial charge in [0, 0.05) is 24.5 Å². The average molecular weight is 705 g/mol. The molecule has 0 aliphatic rings. The minimum Gasteiger partial charge on any atom is -0.483 e. The predicted molar refractivity (Wildman–Crippen MR) is 216 cm³/mol. The molecule has 0 fully saturated rings.